The number of pyridine rings is 1. The van der Waals surface area contributed by atoms with Crippen LogP contribution in [0, 0.1) is 5.82 Å². The van der Waals surface area contributed by atoms with Crippen molar-refractivity contribution in [2.24, 2.45) is 0 Å². The lowest BCUT2D eigenvalue weighted by Crippen LogP contribution is -2.15. The van der Waals surface area contributed by atoms with E-state index in [1.54, 1.807) is 6.20 Å². The Hall–Kier alpha value is -1.17. The molecule has 0 unspecified atom stereocenters. The van der Waals surface area contributed by atoms with Crippen molar-refractivity contribution in [3.8, 4) is 11.6 Å². The molecule has 0 amide bonds. The zero-order valence-corrected chi connectivity index (χ0v) is 13.4. The lowest BCUT2D eigenvalue weighted by molar-refractivity contribution is 0.458. The highest BCUT2D eigenvalue weighted by atomic mass is 79.9. The highest BCUT2D eigenvalue weighted by Gasteiger charge is 2.20. The standard InChI is InChI=1S/C15H13BrClFN2O/c16-12-6-10(18)1-4-14(12)21-15-13(17)5-9(8-20-15)7-19-11-2-3-11/h1,4-6,8,11,19H,2-3,7H2. The topological polar surface area (TPSA) is 34.1 Å². The smallest absolute Gasteiger partial charge is 0.238 e. The van der Waals surface area contributed by atoms with Gasteiger partial charge in [0.1, 0.15) is 16.6 Å². The monoisotopic (exact) mass is 370 g/mol. The maximum absolute atomic E-state index is 13.0. The second-order valence-electron chi connectivity index (χ2n) is 4.96. The second kappa shape index (κ2) is 6.30. The molecule has 0 atom stereocenters. The molecular formula is C15H13BrClFN2O. The molecule has 2 aromatic rings. The van der Waals surface area contributed by atoms with E-state index in [9.17, 15) is 4.39 Å². The number of nitrogens with one attached hydrogen (secondary N) is 1. The number of benzene rings is 1. The van der Waals surface area contributed by atoms with Crippen LogP contribution in [0.15, 0.2) is 34.9 Å². The van der Waals surface area contributed by atoms with Crippen molar-refractivity contribution in [1.29, 1.82) is 0 Å². The third-order valence-corrected chi connectivity index (χ3v) is 4.03. The molecule has 1 aromatic heterocycles. The van der Waals surface area contributed by atoms with E-state index in [-0.39, 0.29) is 5.82 Å². The van der Waals surface area contributed by atoms with Crippen LogP contribution in [0.4, 0.5) is 4.39 Å². The molecule has 1 aliphatic rings. The third kappa shape index (κ3) is 3.93. The van der Waals surface area contributed by atoms with Crippen LogP contribution < -0.4 is 10.1 Å². The van der Waals surface area contributed by atoms with Gasteiger partial charge >= 0.3 is 0 Å². The van der Waals surface area contributed by atoms with Crippen molar-refractivity contribution in [3.63, 3.8) is 0 Å². The van der Waals surface area contributed by atoms with Crippen LogP contribution >= 0.6 is 27.5 Å². The van der Waals surface area contributed by atoms with Crippen LogP contribution in [-0.4, -0.2) is 11.0 Å². The Labute approximate surface area is 135 Å². The number of nitrogens with zero attached hydrogens (tertiary/aromatic N) is 1. The zero-order valence-electron chi connectivity index (χ0n) is 11.1. The molecule has 1 fully saturated rings. The SMILES string of the molecule is Fc1ccc(Oc2ncc(CNC3CC3)cc2Cl)c(Br)c1. The molecule has 1 saturated carbocycles. The highest BCUT2D eigenvalue weighted by Crippen LogP contribution is 2.33. The van der Waals surface area contributed by atoms with E-state index >= 15 is 0 Å². The first-order valence-electron chi connectivity index (χ1n) is 6.62. The fourth-order valence-corrected chi connectivity index (χ4v) is 2.51. The Bertz CT molecular complexity index is 664. The summed E-state index contributed by atoms with van der Waals surface area (Å²) in [6.07, 6.45) is 4.20. The van der Waals surface area contributed by atoms with Gasteiger partial charge in [0.15, 0.2) is 0 Å². The van der Waals surface area contributed by atoms with E-state index in [1.165, 1.54) is 31.0 Å². The van der Waals surface area contributed by atoms with Crippen molar-refractivity contribution >= 4 is 27.5 Å². The molecule has 0 spiro atoms. The molecule has 1 heterocycles. The first-order valence-corrected chi connectivity index (χ1v) is 7.79. The molecule has 0 saturated heterocycles. The van der Waals surface area contributed by atoms with Crippen molar-refractivity contribution in [2.45, 2.75) is 25.4 Å². The molecule has 3 nitrogen and oxygen atoms in total. The van der Waals surface area contributed by atoms with Crippen molar-refractivity contribution in [3.05, 3.63) is 51.3 Å². The lowest BCUT2D eigenvalue weighted by Gasteiger charge is -2.10. The minimum Gasteiger partial charge on any atom is -0.436 e. The van der Waals surface area contributed by atoms with E-state index in [2.05, 4.69) is 26.2 Å². The second-order valence-corrected chi connectivity index (χ2v) is 6.22. The number of rotatable bonds is 5. The van der Waals surface area contributed by atoms with Crippen molar-refractivity contribution < 1.29 is 9.13 Å². The summed E-state index contributed by atoms with van der Waals surface area (Å²) in [5.41, 5.74) is 1.01. The van der Waals surface area contributed by atoms with Gasteiger partial charge in [-0.25, -0.2) is 9.37 Å². The van der Waals surface area contributed by atoms with Crippen LogP contribution in [0.5, 0.6) is 11.6 Å². The summed E-state index contributed by atoms with van der Waals surface area (Å²) >= 11 is 9.43. The fraction of sp³-hybridized carbons (Fsp3) is 0.267. The molecule has 110 valence electrons. The average Bonchev–Trinajstić information content (AvgIpc) is 3.26. The molecule has 0 aliphatic heterocycles. The molecule has 21 heavy (non-hydrogen) atoms. The molecule has 3 rings (SSSR count). The normalized spacial score (nSPS) is 14.2. The van der Waals surface area contributed by atoms with E-state index in [0.29, 0.717) is 27.2 Å². The summed E-state index contributed by atoms with van der Waals surface area (Å²) in [6, 6.07) is 6.64. The number of halogens is 3. The van der Waals surface area contributed by atoms with E-state index < -0.39 is 0 Å². The molecule has 1 aromatic carbocycles. The fourth-order valence-electron chi connectivity index (χ4n) is 1.85. The summed E-state index contributed by atoms with van der Waals surface area (Å²) in [5, 5.41) is 3.83. The molecule has 0 bridgehead atoms. The highest BCUT2D eigenvalue weighted by molar-refractivity contribution is 9.10. The Morgan fingerprint density at radius 2 is 2.19 bits per heavy atom. The van der Waals surface area contributed by atoms with Gasteiger partial charge in [0.05, 0.1) is 4.47 Å². The number of hydrogen-bond acceptors (Lipinski definition) is 3. The number of ether oxygens (including phenoxy) is 1. The van der Waals surface area contributed by atoms with Gasteiger partial charge in [-0.15, -0.1) is 0 Å². The van der Waals surface area contributed by atoms with Gasteiger partial charge in [0, 0.05) is 18.8 Å². The quantitative estimate of drug-likeness (QED) is 0.828. The summed E-state index contributed by atoms with van der Waals surface area (Å²) in [6.45, 7) is 0.748. The minimum atomic E-state index is -0.338. The number of hydrogen-bond donors (Lipinski definition) is 1. The van der Waals surface area contributed by atoms with Crippen molar-refractivity contribution in [2.75, 3.05) is 0 Å². The summed E-state index contributed by atoms with van der Waals surface area (Å²) in [4.78, 5) is 4.23. The van der Waals surface area contributed by atoms with Gasteiger partial charge in [-0.05, 0) is 58.6 Å². The molecule has 1 aliphatic carbocycles. The van der Waals surface area contributed by atoms with Gasteiger partial charge in [-0.2, -0.15) is 0 Å². The Morgan fingerprint density at radius 3 is 2.86 bits per heavy atom. The van der Waals surface area contributed by atoms with Gasteiger partial charge < -0.3 is 10.1 Å². The van der Waals surface area contributed by atoms with Crippen LogP contribution in [0.1, 0.15) is 18.4 Å². The minimum absolute atomic E-state index is 0.305. The summed E-state index contributed by atoms with van der Waals surface area (Å²) in [5.74, 6) is 0.434. The predicted octanol–water partition coefficient (Wildman–Crippen LogP) is 4.68. The van der Waals surface area contributed by atoms with Crippen LogP contribution in [0.25, 0.3) is 0 Å². The van der Waals surface area contributed by atoms with Gasteiger partial charge in [-0.1, -0.05) is 11.6 Å². The first kappa shape index (κ1) is 14.8. The maximum atomic E-state index is 13.0. The molecule has 6 heteroatoms. The maximum Gasteiger partial charge on any atom is 0.238 e. The third-order valence-electron chi connectivity index (χ3n) is 3.14. The zero-order chi connectivity index (χ0) is 14.8. The molecule has 1 N–H and O–H groups in total. The Balaban J connectivity index is 1.72. The number of aromatic nitrogens is 1. The van der Waals surface area contributed by atoms with Gasteiger partial charge in [0.2, 0.25) is 5.88 Å². The lowest BCUT2D eigenvalue weighted by atomic mass is 10.3. The predicted molar refractivity (Wildman–Crippen MR) is 83.3 cm³/mol. The van der Waals surface area contributed by atoms with Crippen molar-refractivity contribution in [1.82, 2.24) is 10.3 Å². The average molecular weight is 372 g/mol. The van der Waals surface area contributed by atoms with E-state index in [1.807, 2.05) is 6.07 Å². The van der Waals surface area contributed by atoms with E-state index in [0.717, 1.165) is 12.1 Å². The van der Waals surface area contributed by atoms with E-state index in [4.69, 9.17) is 16.3 Å². The Kier molecular flexibility index (Phi) is 4.42. The van der Waals surface area contributed by atoms with Gasteiger partial charge in [0.25, 0.3) is 0 Å². The molecular weight excluding hydrogens is 359 g/mol. The van der Waals surface area contributed by atoms with Gasteiger partial charge in [-0.3, -0.25) is 0 Å². The molecule has 0 radical (unpaired) electrons. The van der Waals surface area contributed by atoms with Crippen LogP contribution in [-0.2, 0) is 6.54 Å². The van der Waals surface area contributed by atoms with Crippen LogP contribution in [0.2, 0.25) is 5.02 Å². The summed E-state index contributed by atoms with van der Waals surface area (Å²) < 4.78 is 19.2. The first-order chi connectivity index (χ1) is 10.1. The van der Waals surface area contributed by atoms with Crippen LogP contribution in [0.3, 0.4) is 0 Å². The largest absolute Gasteiger partial charge is 0.436 e. The Morgan fingerprint density at radius 1 is 1.38 bits per heavy atom. The summed E-state index contributed by atoms with van der Waals surface area (Å²) in [7, 11) is 0.